The molecule has 0 spiro atoms. The zero-order valence-electron chi connectivity index (χ0n) is 14.7. The molecule has 1 amide bonds. The van der Waals surface area contributed by atoms with Gasteiger partial charge in [0.1, 0.15) is 5.60 Å². The third-order valence-corrected chi connectivity index (χ3v) is 4.01. The summed E-state index contributed by atoms with van der Waals surface area (Å²) < 4.78 is 5.52. The minimum atomic E-state index is -0.436. The first kappa shape index (κ1) is 17.7. The van der Waals surface area contributed by atoms with E-state index < -0.39 is 5.60 Å². The van der Waals surface area contributed by atoms with Crippen LogP contribution in [0.25, 0.3) is 0 Å². The molecule has 1 saturated heterocycles. The molecule has 1 aliphatic rings. The quantitative estimate of drug-likeness (QED) is 0.904. The van der Waals surface area contributed by atoms with Gasteiger partial charge in [-0.05, 0) is 58.6 Å². The first-order valence-electron chi connectivity index (χ1n) is 8.47. The minimum absolute atomic E-state index is 0.181. The van der Waals surface area contributed by atoms with Crippen LogP contribution in [0.1, 0.15) is 52.5 Å². The van der Waals surface area contributed by atoms with E-state index in [2.05, 4.69) is 23.3 Å². The number of nitrogens with one attached hydrogen (secondary N) is 1. The number of pyridine rings is 1. The Bertz CT molecular complexity index is 499. The maximum Gasteiger partial charge on any atom is 0.410 e. The largest absolute Gasteiger partial charge is 0.444 e. The molecular weight excluding hydrogens is 290 g/mol. The van der Waals surface area contributed by atoms with Crippen LogP contribution in [0.15, 0.2) is 24.5 Å². The third kappa shape index (κ3) is 5.82. The van der Waals surface area contributed by atoms with Crippen LogP contribution in [-0.2, 0) is 11.3 Å². The number of rotatable bonds is 5. The molecule has 1 aromatic heterocycles. The summed E-state index contributed by atoms with van der Waals surface area (Å²) in [7, 11) is 0. The third-order valence-electron chi connectivity index (χ3n) is 4.01. The van der Waals surface area contributed by atoms with Crippen molar-refractivity contribution in [2.24, 2.45) is 0 Å². The van der Waals surface area contributed by atoms with E-state index >= 15 is 0 Å². The number of aromatic nitrogens is 1. The smallest absolute Gasteiger partial charge is 0.410 e. The summed E-state index contributed by atoms with van der Waals surface area (Å²) in [5, 5.41) is 3.51. The van der Waals surface area contributed by atoms with Gasteiger partial charge < -0.3 is 15.0 Å². The Labute approximate surface area is 139 Å². The fraction of sp³-hybridized carbons (Fsp3) is 0.667. The molecule has 128 valence electrons. The number of amides is 1. The van der Waals surface area contributed by atoms with Gasteiger partial charge in [-0.3, -0.25) is 4.98 Å². The molecule has 0 saturated carbocycles. The van der Waals surface area contributed by atoms with E-state index in [4.69, 9.17) is 4.74 Å². The SMILES string of the molecule is CC(CC1CCCN1C(=O)OC(C)(C)C)NCc1cccnc1. The number of carbonyl (C=O) groups excluding carboxylic acids is 1. The van der Waals surface area contributed by atoms with Crippen molar-refractivity contribution >= 4 is 6.09 Å². The normalized spacial score (nSPS) is 19.7. The van der Waals surface area contributed by atoms with Crippen LogP contribution in [0.5, 0.6) is 0 Å². The van der Waals surface area contributed by atoms with E-state index in [1.54, 1.807) is 6.20 Å². The monoisotopic (exact) mass is 319 g/mol. The van der Waals surface area contributed by atoms with Crippen LogP contribution in [0.2, 0.25) is 0 Å². The number of hydrogen-bond donors (Lipinski definition) is 1. The van der Waals surface area contributed by atoms with E-state index in [9.17, 15) is 4.79 Å². The van der Waals surface area contributed by atoms with Gasteiger partial charge in [0.25, 0.3) is 0 Å². The Hall–Kier alpha value is -1.62. The van der Waals surface area contributed by atoms with Gasteiger partial charge in [0.15, 0.2) is 0 Å². The molecule has 0 aliphatic carbocycles. The van der Waals surface area contributed by atoms with E-state index in [-0.39, 0.29) is 12.1 Å². The first-order valence-corrected chi connectivity index (χ1v) is 8.47. The fourth-order valence-electron chi connectivity index (χ4n) is 2.93. The Morgan fingerprint density at radius 3 is 2.96 bits per heavy atom. The number of hydrogen-bond acceptors (Lipinski definition) is 4. The number of carbonyl (C=O) groups is 1. The Kier molecular flexibility index (Phi) is 5.99. The zero-order chi connectivity index (χ0) is 16.9. The average molecular weight is 319 g/mol. The number of likely N-dealkylation sites (tertiary alicyclic amines) is 1. The lowest BCUT2D eigenvalue weighted by molar-refractivity contribution is 0.0214. The van der Waals surface area contributed by atoms with Crippen molar-refractivity contribution in [1.82, 2.24) is 15.2 Å². The second kappa shape index (κ2) is 7.77. The lowest BCUT2D eigenvalue weighted by Crippen LogP contribution is -2.42. The van der Waals surface area contributed by atoms with Crippen molar-refractivity contribution < 1.29 is 9.53 Å². The maximum absolute atomic E-state index is 12.3. The van der Waals surface area contributed by atoms with Gasteiger partial charge >= 0.3 is 6.09 Å². The molecule has 2 rings (SSSR count). The van der Waals surface area contributed by atoms with Crippen molar-refractivity contribution in [2.45, 2.75) is 71.2 Å². The summed E-state index contributed by atoms with van der Waals surface area (Å²) in [5.41, 5.74) is 0.740. The summed E-state index contributed by atoms with van der Waals surface area (Å²) in [5.74, 6) is 0. The predicted molar refractivity (Wildman–Crippen MR) is 91.1 cm³/mol. The van der Waals surface area contributed by atoms with Crippen LogP contribution in [-0.4, -0.2) is 40.2 Å². The molecule has 0 aromatic carbocycles. The summed E-state index contributed by atoms with van der Waals surface area (Å²) in [4.78, 5) is 18.3. The fourth-order valence-corrected chi connectivity index (χ4v) is 2.93. The molecule has 0 bridgehead atoms. The molecular formula is C18H29N3O2. The molecule has 23 heavy (non-hydrogen) atoms. The number of ether oxygens (including phenoxy) is 1. The lowest BCUT2D eigenvalue weighted by atomic mass is 10.1. The minimum Gasteiger partial charge on any atom is -0.444 e. The van der Waals surface area contributed by atoms with Gasteiger partial charge in [-0.15, -0.1) is 0 Å². The molecule has 2 atom stereocenters. The molecule has 5 nitrogen and oxygen atoms in total. The zero-order valence-corrected chi connectivity index (χ0v) is 14.7. The van der Waals surface area contributed by atoms with Crippen molar-refractivity contribution in [2.75, 3.05) is 6.54 Å². The van der Waals surface area contributed by atoms with Crippen molar-refractivity contribution in [3.05, 3.63) is 30.1 Å². The second-order valence-electron chi connectivity index (χ2n) is 7.35. The standard InChI is InChI=1S/C18H29N3O2/c1-14(20-13-15-7-5-9-19-12-15)11-16-8-6-10-21(16)17(22)23-18(2,3)4/h5,7,9,12,14,16,20H,6,8,10-11,13H2,1-4H3. The summed E-state index contributed by atoms with van der Waals surface area (Å²) in [6.45, 7) is 9.50. The van der Waals surface area contributed by atoms with Gasteiger partial charge in [-0.25, -0.2) is 4.79 Å². The van der Waals surface area contributed by atoms with Crippen LogP contribution < -0.4 is 5.32 Å². The highest BCUT2D eigenvalue weighted by Crippen LogP contribution is 2.24. The van der Waals surface area contributed by atoms with Crippen LogP contribution in [0, 0.1) is 0 Å². The van der Waals surface area contributed by atoms with Crippen molar-refractivity contribution in [1.29, 1.82) is 0 Å². The molecule has 2 heterocycles. The van der Waals surface area contributed by atoms with Crippen LogP contribution >= 0.6 is 0 Å². The van der Waals surface area contributed by atoms with Gasteiger partial charge in [-0.2, -0.15) is 0 Å². The van der Waals surface area contributed by atoms with Crippen molar-refractivity contribution in [3.63, 3.8) is 0 Å². The van der Waals surface area contributed by atoms with Crippen molar-refractivity contribution in [3.8, 4) is 0 Å². The lowest BCUT2D eigenvalue weighted by Gasteiger charge is -2.30. The summed E-state index contributed by atoms with van der Waals surface area (Å²) in [6.07, 6.45) is 6.53. The van der Waals surface area contributed by atoms with Gasteiger partial charge in [0.2, 0.25) is 0 Å². The molecule has 1 aromatic rings. The average Bonchev–Trinajstić information content (AvgIpc) is 2.93. The Balaban J connectivity index is 1.82. The molecule has 1 aliphatic heterocycles. The van der Waals surface area contributed by atoms with Gasteiger partial charge in [0.05, 0.1) is 0 Å². The van der Waals surface area contributed by atoms with Crippen LogP contribution in [0.4, 0.5) is 4.79 Å². The van der Waals surface area contributed by atoms with E-state index in [0.717, 1.165) is 32.4 Å². The highest BCUT2D eigenvalue weighted by Gasteiger charge is 2.32. The highest BCUT2D eigenvalue weighted by atomic mass is 16.6. The topological polar surface area (TPSA) is 54.5 Å². The second-order valence-corrected chi connectivity index (χ2v) is 7.35. The van der Waals surface area contributed by atoms with E-state index in [0.29, 0.717) is 6.04 Å². The Morgan fingerprint density at radius 1 is 1.52 bits per heavy atom. The Morgan fingerprint density at radius 2 is 2.30 bits per heavy atom. The molecule has 2 unspecified atom stereocenters. The van der Waals surface area contributed by atoms with E-state index in [1.807, 2.05) is 37.9 Å². The van der Waals surface area contributed by atoms with Crippen LogP contribution in [0.3, 0.4) is 0 Å². The molecule has 1 fully saturated rings. The maximum atomic E-state index is 12.3. The first-order chi connectivity index (χ1) is 10.8. The predicted octanol–water partition coefficient (Wildman–Crippen LogP) is 3.35. The highest BCUT2D eigenvalue weighted by molar-refractivity contribution is 5.68. The van der Waals surface area contributed by atoms with E-state index in [1.165, 1.54) is 5.56 Å². The molecule has 5 heteroatoms. The van der Waals surface area contributed by atoms with Gasteiger partial charge in [0, 0.05) is 37.6 Å². The summed E-state index contributed by atoms with van der Waals surface area (Å²) >= 11 is 0. The van der Waals surface area contributed by atoms with Gasteiger partial charge in [-0.1, -0.05) is 6.07 Å². The molecule has 1 N–H and O–H groups in total. The summed E-state index contributed by atoms with van der Waals surface area (Å²) in [6, 6.07) is 4.61. The number of nitrogens with zero attached hydrogens (tertiary/aromatic N) is 2. The molecule has 0 radical (unpaired) electrons.